The van der Waals surface area contributed by atoms with Crippen LogP contribution in [-0.4, -0.2) is 23.1 Å². The minimum Gasteiger partial charge on any atom is -0.381 e. The lowest BCUT2D eigenvalue weighted by Gasteiger charge is -2.18. The molecule has 0 saturated carbocycles. The van der Waals surface area contributed by atoms with Crippen LogP contribution < -0.4 is 11.1 Å². The first-order chi connectivity index (χ1) is 7.49. The van der Waals surface area contributed by atoms with Crippen LogP contribution in [0.4, 0.5) is 5.69 Å². The van der Waals surface area contributed by atoms with Crippen molar-refractivity contribution >= 4 is 5.69 Å². The van der Waals surface area contributed by atoms with Crippen molar-refractivity contribution < 1.29 is 0 Å². The van der Waals surface area contributed by atoms with Gasteiger partial charge in [-0.25, -0.2) is 9.97 Å². The van der Waals surface area contributed by atoms with Crippen LogP contribution in [0, 0.1) is 0 Å². The van der Waals surface area contributed by atoms with Crippen LogP contribution in [0.25, 0.3) is 0 Å². The predicted octanol–water partition coefficient (Wildman–Crippen LogP) is 1.71. The molecule has 0 amide bonds. The molecule has 0 aromatic carbocycles. The number of rotatable bonds is 4. The highest BCUT2D eigenvalue weighted by Crippen LogP contribution is 2.21. The Kier molecular flexibility index (Phi) is 4.24. The van der Waals surface area contributed by atoms with E-state index in [2.05, 4.69) is 43.0 Å². The van der Waals surface area contributed by atoms with Crippen LogP contribution >= 0.6 is 0 Å². The smallest absolute Gasteiger partial charge is 0.134 e. The maximum atomic E-state index is 5.46. The van der Waals surface area contributed by atoms with E-state index >= 15 is 0 Å². The van der Waals surface area contributed by atoms with Crippen molar-refractivity contribution in [2.24, 2.45) is 5.73 Å². The Labute approximate surface area is 97.7 Å². The zero-order valence-corrected chi connectivity index (χ0v) is 10.7. The summed E-state index contributed by atoms with van der Waals surface area (Å²) < 4.78 is 0. The van der Waals surface area contributed by atoms with E-state index in [4.69, 9.17) is 5.73 Å². The minimum absolute atomic E-state index is 0.00365. The van der Waals surface area contributed by atoms with Crippen molar-refractivity contribution in [2.75, 3.05) is 18.4 Å². The number of aromatic nitrogens is 2. The van der Waals surface area contributed by atoms with E-state index in [1.54, 1.807) is 0 Å². The monoisotopic (exact) mass is 222 g/mol. The van der Waals surface area contributed by atoms with Crippen LogP contribution in [0.1, 0.15) is 39.2 Å². The molecule has 0 radical (unpaired) electrons. The molecule has 16 heavy (non-hydrogen) atoms. The zero-order valence-electron chi connectivity index (χ0n) is 10.7. The SMILES string of the molecule is CCc1nc(C(C)(C)C)ncc1NCCN. The summed E-state index contributed by atoms with van der Waals surface area (Å²) in [5, 5.41) is 3.24. The minimum atomic E-state index is -0.00365. The van der Waals surface area contributed by atoms with Crippen molar-refractivity contribution in [3.8, 4) is 0 Å². The van der Waals surface area contributed by atoms with Gasteiger partial charge in [0.1, 0.15) is 5.82 Å². The van der Waals surface area contributed by atoms with Gasteiger partial charge in [0, 0.05) is 18.5 Å². The van der Waals surface area contributed by atoms with Gasteiger partial charge < -0.3 is 11.1 Å². The van der Waals surface area contributed by atoms with E-state index in [0.29, 0.717) is 6.54 Å². The summed E-state index contributed by atoms with van der Waals surface area (Å²) in [6, 6.07) is 0. The van der Waals surface area contributed by atoms with E-state index < -0.39 is 0 Å². The molecule has 0 aliphatic rings. The fourth-order valence-corrected chi connectivity index (χ4v) is 1.40. The molecular weight excluding hydrogens is 200 g/mol. The lowest BCUT2D eigenvalue weighted by molar-refractivity contribution is 0.542. The molecule has 1 heterocycles. The summed E-state index contributed by atoms with van der Waals surface area (Å²) in [4.78, 5) is 9.00. The Morgan fingerprint density at radius 2 is 2.06 bits per heavy atom. The Morgan fingerprint density at radius 3 is 2.56 bits per heavy atom. The molecule has 0 atom stereocenters. The first kappa shape index (κ1) is 12.9. The average molecular weight is 222 g/mol. The van der Waals surface area contributed by atoms with Crippen LogP contribution in [0.15, 0.2) is 6.20 Å². The molecule has 0 aliphatic carbocycles. The molecule has 0 spiro atoms. The maximum Gasteiger partial charge on any atom is 0.134 e. The molecule has 90 valence electrons. The molecule has 0 aliphatic heterocycles. The normalized spacial score (nSPS) is 11.6. The second-order valence-electron chi connectivity index (χ2n) is 4.87. The predicted molar refractivity (Wildman–Crippen MR) is 67.7 cm³/mol. The van der Waals surface area contributed by atoms with E-state index in [9.17, 15) is 0 Å². The zero-order chi connectivity index (χ0) is 12.2. The van der Waals surface area contributed by atoms with Gasteiger partial charge in [-0.05, 0) is 6.42 Å². The highest BCUT2D eigenvalue weighted by atomic mass is 15.0. The van der Waals surface area contributed by atoms with Crippen molar-refractivity contribution in [3.05, 3.63) is 17.7 Å². The Morgan fingerprint density at radius 1 is 1.38 bits per heavy atom. The van der Waals surface area contributed by atoms with Gasteiger partial charge in [0.05, 0.1) is 17.6 Å². The highest BCUT2D eigenvalue weighted by molar-refractivity contribution is 5.46. The number of hydrogen-bond donors (Lipinski definition) is 2. The summed E-state index contributed by atoms with van der Waals surface area (Å²) in [7, 11) is 0. The maximum absolute atomic E-state index is 5.46. The van der Waals surface area contributed by atoms with Crippen molar-refractivity contribution in [1.29, 1.82) is 0 Å². The number of anilines is 1. The van der Waals surface area contributed by atoms with E-state index in [-0.39, 0.29) is 5.41 Å². The van der Waals surface area contributed by atoms with Crippen molar-refractivity contribution in [3.63, 3.8) is 0 Å². The van der Waals surface area contributed by atoms with Crippen LogP contribution in [0.5, 0.6) is 0 Å². The van der Waals surface area contributed by atoms with Crippen LogP contribution in [0.2, 0.25) is 0 Å². The first-order valence-electron chi connectivity index (χ1n) is 5.79. The van der Waals surface area contributed by atoms with Gasteiger partial charge in [0.15, 0.2) is 0 Å². The molecule has 0 saturated heterocycles. The second-order valence-corrected chi connectivity index (χ2v) is 4.87. The highest BCUT2D eigenvalue weighted by Gasteiger charge is 2.18. The fraction of sp³-hybridized carbons (Fsp3) is 0.667. The van der Waals surface area contributed by atoms with E-state index in [0.717, 1.165) is 30.2 Å². The van der Waals surface area contributed by atoms with Gasteiger partial charge in [0.25, 0.3) is 0 Å². The largest absolute Gasteiger partial charge is 0.381 e. The van der Waals surface area contributed by atoms with Gasteiger partial charge in [-0.1, -0.05) is 27.7 Å². The number of hydrogen-bond acceptors (Lipinski definition) is 4. The Hall–Kier alpha value is -1.16. The van der Waals surface area contributed by atoms with E-state index in [1.807, 2.05) is 6.20 Å². The first-order valence-corrected chi connectivity index (χ1v) is 5.79. The topological polar surface area (TPSA) is 63.8 Å². The lowest BCUT2D eigenvalue weighted by Crippen LogP contribution is -2.19. The number of nitrogens with zero attached hydrogens (tertiary/aromatic N) is 2. The Balaban J connectivity index is 2.97. The second kappa shape index (κ2) is 5.25. The molecule has 4 nitrogen and oxygen atoms in total. The van der Waals surface area contributed by atoms with Gasteiger partial charge in [-0.15, -0.1) is 0 Å². The van der Waals surface area contributed by atoms with Crippen LogP contribution in [-0.2, 0) is 11.8 Å². The fourth-order valence-electron chi connectivity index (χ4n) is 1.40. The van der Waals surface area contributed by atoms with Gasteiger partial charge >= 0.3 is 0 Å². The molecular formula is C12H22N4. The molecule has 1 aromatic heterocycles. The summed E-state index contributed by atoms with van der Waals surface area (Å²) in [5.41, 5.74) is 7.52. The molecule has 3 N–H and O–H groups in total. The number of nitrogens with one attached hydrogen (secondary N) is 1. The van der Waals surface area contributed by atoms with Crippen molar-refractivity contribution in [2.45, 2.75) is 39.5 Å². The van der Waals surface area contributed by atoms with Gasteiger partial charge in [0.2, 0.25) is 0 Å². The summed E-state index contributed by atoms with van der Waals surface area (Å²) in [6.07, 6.45) is 2.76. The molecule has 4 heteroatoms. The summed E-state index contributed by atoms with van der Waals surface area (Å²) in [6.45, 7) is 9.83. The number of nitrogens with two attached hydrogens (primary N) is 1. The molecule has 0 bridgehead atoms. The molecule has 0 fully saturated rings. The quantitative estimate of drug-likeness (QED) is 0.814. The van der Waals surface area contributed by atoms with Gasteiger partial charge in [-0.2, -0.15) is 0 Å². The van der Waals surface area contributed by atoms with Crippen LogP contribution in [0.3, 0.4) is 0 Å². The molecule has 1 aromatic rings. The third kappa shape index (κ3) is 3.17. The summed E-state index contributed by atoms with van der Waals surface area (Å²) >= 11 is 0. The molecule has 1 rings (SSSR count). The standard InChI is InChI=1S/C12H22N4/c1-5-9-10(14-7-6-13)8-15-11(16-9)12(2,3)4/h8,14H,5-7,13H2,1-4H3. The molecule has 0 unspecified atom stereocenters. The summed E-state index contributed by atoms with van der Waals surface area (Å²) in [5.74, 6) is 0.891. The van der Waals surface area contributed by atoms with Gasteiger partial charge in [-0.3, -0.25) is 0 Å². The lowest BCUT2D eigenvalue weighted by atomic mass is 9.95. The number of aryl methyl sites for hydroxylation is 1. The average Bonchev–Trinajstić information content (AvgIpc) is 2.24. The van der Waals surface area contributed by atoms with E-state index in [1.165, 1.54) is 0 Å². The van der Waals surface area contributed by atoms with Crippen molar-refractivity contribution in [1.82, 2.24) is 9.97 Å². The third-order valence-corrected chi connectivity index (χ3v) is 2.33. The third-order valence-electron chi connectivity index (χ3n) is 2.33. The Bertz CT molecular complexity index is 341.